The van der Waals surface area contributed by atoms with Crippen molar-refractivity contribution in [2.45, 2.75) is 25.4 Å². The Bertz CT molecular complexity index is 87.1. The second-order valence-electron chi connectivity index (χ2n) is 2.67. The SMILES string of the molecule is NNCC1CCCC1O. The quantitative estimate of drug-likeness (QED) is 0.352. The fourth-order valence-electron chi connectivity index (χ4n) is 1.41. The summed E-state index contributed by atoms with van der Waals surface area (Å²) in [4.78, 5) is 0. The molecule has 0 aromatic rings. The van der Waals surface area contributed by atoms with Crippen molar-refractivity contribution in [1.29, 1.82) is 0 Å². The van der Waals surface area contributed by atoms with Crippen LogP contribution in [-0.2, 0) is 0 Å². The molecule has 4 N–H and O–H groups in total. The highest BCUT2D eigenvalue weighted by molar-refractivity contribution is 4.77. The molecule has 0 aromatic carbocycles. The molecular weight excluding hydrogens is 116 g/mol. The van der Waals surface area contributed by atoms with E-state index in [1.54, 1.807) is 0 Å². The van der Waals surface area contributed by atoms with Gasteiger partial charge in [-0.25, -0.2) is 0 Å². The van der Waals surface area contributed by atoms with E-state index in [1.165, 1.54) is 0 Å². The average Bonchev–Trinajstić information content (AvgIpc) is 2.18. The molecule has 0 amide bonds. The van der Waals surface area contributed by atoms with Crippen molar-refractivity contribution < 1.29 is 5.11 Å². The zero-order valence-electron chi connectivity index (χ0n) is 5.51. The van der Waals surface area contributed by atoms with Crippen LogP contribution in [0.1, 0.15) is 19.3 Å². The van der Waals surface area contributed by atoms with E-state index in [9.17, 15) is 5.11 Å². The van der Waals surface area contributed by atoms with Crippen molar-refractivity contribution in [1.82, 2.24) is 5.43 Å². The summed E-state index contributed by atoms with van der Waals surface area (Å²) in [6.07, 6.45) is 3.10. The van der Waals surface area contributed by atoms with Crippen LogP contribution >= 0.6 is 0 Å². The van der Waals surface area contributed by atoms with Crippen LogP contribution in [0.4, 0.5) is 0 Å². The van der Waals surface area contributed by atoms with Gasteiger partial charge in [0, 0.05) is 6.54 Å². The summed E-state index contributed by atoms with van der Waals surface area (Å²) < 4.78 is 0. The topological polar surface area (TPSA) is 58.3 Å². The summed E-state index contributed by atoms with van der Waals surface area (Å²) in [6.45, 7) is 0.751. The average molecular weight is 130 g/mol. The Balaban J connectivity index is 2.22. The van der Waals surface area contributed by atoms with Gasteiger partial charge in [0.1, 0.15) is 0 Å². The molecule has 0 saturated heterocycles. The number of hydrogen-bond donors (Lipinski definition) is 3. The van der Waals surface area contributed by atoms with Gasteiger partial charge in [-0.15, -0.1) is 0 Å². The molecule has 54 valence electrons. The Morgan fingerprint density at radius 1 is 1.56 bits per heavy atom. The minimum Gasteiger partial charge on any atom is -0.393 e. The molecule has 9 heavy (non-hydrogen) atoms. The summed E-state index contributed by atoms with van der Waals surface area (Å²) in [6, 6.07) is 0. The van der Waals surface area contributed by atoms with Gasteiger partial charge in [0.15, 0.2) is 0 Å². The second-order valence-corrected chi connectivity index (χ2v) is 2.67. The Labute approximate surface area is 55.2 Å². The van der Waals surface area contributed by atoms with Crippen LogP contribution in [0.2, 0.25) is 0 Å². The summed E-state index contributed by atoms with van der Waals surface area (Å²) in [5.41, 5.74) is 2.58. The number of hydrogen-bond acceptors (Lipinski definition) is 3. The molecule has 2 atom stereocenters. The molecule has 0 spiro atoms. The largest absolute Gasteiger partial charge is 0.393 e. The molecule has 1 rings (SSSR count). The van der Waals surface area contributed by atoms with Crippen molar-refractivity contribution >= 4 is 0 Å². The first-order valence-electron chi connectivity index (χ1n) is 3.46. The molecule has 2 unspecified atom stereocenters. The zero-order chi connectivity index (χ0) is 6.69. The number of rotatable bonds is 2. The van der Waals surface area contributed by atoms with Crippen LogP contribution in [0.15, 0.2) is 0 Å². The molecule has 0 radical (unpaired) electrons. The highest BCUT2D eigenvalue weighted by Gasteiger charge is 2.23. The van der Waals surface area contributed by atoms with E-state index in [2.05, 4.69) is 5.43 Å². The van der Waals surface area contributed by atoms with E-state index in [0.717, 1.165) is 25.8 Å². The van der Waals surface area contributed by atoms with Gasteiger partial charge in [-0.05, 0) is 18.8 Å². The van der Waals surface area contributed by atoms with Gasteiger partial charge in [0.2, 0.25) is 0 Å². The van der Waals surface area contributed by atoms with Gasteiger partial charge in [-0.2, -0.15) is 0 Å². The maximum Gasteiger partial charge on any atom is 0.0581 e. The van der Waals surface area contributed by atoms with Gasteiger partial charge >= 0.3 is 0 Å². The normalized spacial score (nSPS) is 35.3. The van der Waals surface area contributed by atoms with Crippen LogP contribution in [0.3, 0.4) is 0 Å². The molecule has 0 aromatic heterocycles. The van der Waals surface area contributed by atoms with E-state index in [4.69, 9.17) is 5.84 Å². The summed E-state index contributed by atoms with van der Waals surface area (Å²) >= 11 is 0. The highest BCUT2D eigenvalue weighted by atomic mass is 16.3. The molecule has 0 bridgehead atoms. The van der Waals surface area contributed by atoms with E-state index < -0.39 is 0 Å². The molecule has 0 heterocycles. The Kier molecular flexibility index (Phi) is 2.45. The van der Waals surface area contributed by atoms with Gasteiger partial charge in [-0.1, -0.05) is 6.42 Å². The molecular formula is C6H14N2O. The zero-order valence-corrected chi connectivity index (χ0v) is 5.51. The molecule has 3 nitrogen and oxygen atoms in total. The van der Waals surface area contributed by atoms with Crippen LogP contribution < -0.4 is 11.3 Å². The van der Waals surface area contributed by atoms with Crippen LogP contribution in [0.5, 0.6) is 0 Å². The second kappa shape index (κ2) is 3.15. The van der Waals surface area contributed by atoms with Crippen molar-refractivity contribution in [3.63, 3.8) is 0 Å². The van der Waals surface area contributed by atoms with Crippen LogP contribution in [0, 0.1) is 5.92 Å². The number of aliphatic hydroxyl groups excluding tert-OH is 1. The fourth-order valence-corrected chi connectivity index (χ4v) is 1.41. The van der Waals surface area contributed by atoms with Crippen LogP contribution in [-0.4, -0.2) is 17.8 Å². The molecule has 1 aliphatic carbocycles. The molecule has 1 aliphatic rings. The Hall–Kier alpha value is -0.120. The summed E-state index contributed by atoms with van der Waals surface area (Å²) in [5, 5.41) is 9.22. The maximum absolute atomic E-state index is 9.22. The number of nitrogens with one attached hydrogen (secondary N) is 1. The predicted octanol–water partition coefficient (Wildman–Crippen LogP) is -0.389. The lowest BCUT2D eigenvalue weighted by atomic mass is 10.1. The Morgan fingerprint density at radius 3 is 2.78 bits per heavy atom. The Morgan fingerprint density at radius 2 is 2.33 bits per heavy atom. The van der Waals surface area contributed by atoms with E-state index >= 15 is 0 Å². The third-order valence-electron chi connectivity index (χ3n) is 2.00. The minimum atomic E-state index is -0.110. The number of nitrogens with two attached hydrogens (primary N) is 1. The molecule has 1 fully saturated rings. The van der Waals surface area contributed by atoms with Crippen molar-refractivity contribution in [2.24, 2.45) is 11.8 Å². The fraction of sp³-hybridized carbons (Fsp3) is 1.00. The van der Waals surface area contributed by atoms with Crippen molar-refractivity contribution in [2.75, 3.05) is 6.54 Å². The third-order valence-corrected chi connectivity index (χ3v) is 2.00. The van der Waals surface area contributed by atoms with E-state index in [0.29, 0.717) is 5.92 Å². The van der Waals surface area contributed by atoms with Gasteiger partial charge in [0.05, 0.1) is 6.10 Å². The lowest BCUT2D eigenvalue weighted by Crippen LogP contribution is -2.32. The van der Waals surface area contributed by atoms with Gasteiger partial charge < -0.3 is 5.11 Å². The maximum atomic E-state index is 9.22. The molecule has 1 saturated carbocycles. The molecule has 3 heteroatoms. The highest BCUT2D eigenvalue weighted by Crippen LogP contribution is 2.24. The standard InChI is InChI=1S/C6H14N2O/c7-8-4-5-2-1-3-6(5)9/h5-6,8-9H,1-4,7H2. The van der Waals surface area contributed by atoms with Gasteiger partial charge in [-0.3, -0.25) is 11.3 Å². The van der Waals surface area contributed by atoms with Gasteiger partial charge in [0.25, 0.3) is 0 Å². The predicted molar refractivity (Wildman–Crippen MR) is 35.5 cm³/mol. The van der Waals surface area contributed by atoms with E-state index in [-0.39, 0.29) is 6.10 Å². The van der Waals surface area contributed by atoms with Crippen molar-refractivity contribution in [3.8, 4) is 0 Å². The lowest BCUT2D eigenvalue weighted by molar-refractivity contribution is 0.132. The van der Waals surface area contributed by atoms with Crippen LogP contribution in [0.25, 0.3) is 0 Å². The first-order valence-corrected chi connectivity index (χ1v) is 3.46. The minimum absolute atomic E-state index is 0.110. The number of aliphatic hydroxyl groups is 1. The summed E-state index contributed by atoms with van der Waals surface area (Å²) in [7, 11) is 0. The van der Waals surface area contributed by atoms with E-state index in [1.807, 2.05) is 0 Å². The summed E-state index contributed by atoms with van der Waals surface area (Å²) in [5.74, 6) is 5.51. The molecule has 0 aliphatic heterocycles. The first kappa shape index (κ1) is 6.99. The number of hydrazine groups is 1. The monoisotopic (exact) mass is 130 g/mol. The lowest BCUT2D eigenvalue weighted by Gasteiger charge is -2.11. The smallest absolute Gasteiger partial charge is 0.0581 e. The third kappa shape index (κ3) is 1.64. The first-order chi connectivity index (χ1) is 4.34. The van der Waals surface area contributed by atoms with Crippen molar-refractivity contribution in [3.05, 3.63) is 0 Å².